The van der Waals surface area contributed by atoms with Crippen molar-refractivity contribution in [2.75, 3.05) is 6.54 Å². The third-order valence-corrected chi connectivity index (χ3v) is 3.26. The number of hydrogen-bond acceptors (Lipinski definition) is 2. The average Bonchev–Trinajstić information content (AvgIpc) is 2.82. The largest absolute Gasteiger partial charge is 0.311 e. The van der Waals surface area contributed by atoms with Gasteiger partial charge in [-0.25, -0.2) is 4.39 Å². The highest BCUT2D eigenvalue weighted by Gasteiger charge is 2.05. The summed E-state index contributed by atoms with van der Waals surface area (Å²) in [5, 5.41) is 7.71. The molecule has 2 aromatic rings. The molecule has 102 valence electrons. The van der Waals surface area contributed by atoms with Crippen LogP contribution in [0.3, 0.4) is 0 Å². The van der Waals surface area contributed by atoms with Crippen LogP contribution in [0.15, 0.2) is 34.9 Å². The van der Waals surface area contributed by atoms with Crippen molar-refractivity contribution in [1.29, 1.82) is 0 Å². The van der Waals surface area contributed by atoms with Crippen molar-refractivity contribution in [3.8, 4) is 0 Å². The minimum Gasteiger partial charge on any atom is -0.311 e. The van der Waals surface area contributed by atoms with Gasteiger partial charge >= 0.3 is 0 Å². The molecule has 0 unspecified atom stereocenters. The van der Waals surface area contributed by atoms with Gasteiger partial charge in [0, 0.05) is 22.8 Å². The molecule has 0 atom stereocenters. The van der Waals surface area contributed by atoms with Crippen LogP contribution in [0.25, 0.3) is 0 Å². The summed E-state index contributed by atoms with van der Waals surface area (Å²) in [5.41, 5.74) is 1.61. The lowest BCUT2D eigenvalue weighted by atomic mass is 10.2. The van der Waals surface area contributed by atoms with Gasteiger partial charge in [-0.1, -0.05) is 22.9 Å². The number of nitrogens with one attached hydrogen (secondary N) is 1. The normalized spacial score (nSPS) is 10.9. The van der Waals surface area contributed by atoms with Crippen molar-refractivity contribution in [1.82, 2.24) is 15.1 Å². The molecule has 0 fully saturated rings. The maximum atomic E-state index is 13.6. The summed E-state index contributed by atoms with van der Waals surface area (Å²) in [4.78, 5) is 0. The second-order valence-corrected chi connectivity index (χ2v) is 5.33. The minimum atomic E-state index is -0.204. The predicted octanol–water partition coefficient (Wildman–Crippen LogP) is 3.33. The number of halogens is 2. The number of benzene rings is 1. The quantitative estimate of drug-likeness (QED) is 0.825. The number of hydrogen-bond donors (Lipinski definition) is 1. The van der Waals surface area contributed by atoms with E-state index < -0.39 is 0 Å². The maximum absolute atomic E-state index is 13.6. The first-order chi connectivity index (χ1) is 9.19. The van der Waals surface area contributed by atoms with E-state index in [1.807, 2.05) is 12.3 Å². The molecular formula is C14H17BrFN3. The molecule has 3 nitrogen and oxygen atoms in total. The van der Waals surface area contributed by atoms with Gasteiger partial charge in [-0.05, 0) is 37.2 Å². The van der Waals surface area contributed by atoms with Crippen molar-refractivity contribution in [3.05, 3.63) is 52.0 Å². The van der Waals surface area contributed by atoms with E-state index >= 15 is 0 Å². The molecule has 0 aliphatic carbocycles. The Labute approximate surface area is 121 Å². The first-order valence-corrected chi connectivity index (χ1v) is 7.15. The van der Waals surface area contributed by atoms with Crippen molar-refractivity contribution in [3.63, 3.8) is 0 Å². The third kappa shape index (κ3) is 4.14. The summed E-state index contributed by atoms with van der Waals surface area (Å²) in [6, 6.07) is 6.90. The van der Waals surface area contributed by atoms with Crippen LogP contribution >= 0.6 is 15.9 Å². The zero-order chi connectivity index (χ0) is 13.7. The molecule has 0 radical (unpaired) electrons. The van der Waals surface area contributed by atoms with E-state index in [4.69, 9.17) is 0 Å². The second kappa shape index (κ2) is 6.82. The molecule has 19 heavy (non-hydrogen) atoms. The first kappa shape index (κ1) is 14.2. The first-order valence-electron chi connectivity index (χ1n) is 6.36. The highest BCUT2D eigenvalue weighted by Crippen LogP contribution is 2.16. The van der Waals surface area contributed by atoms with Gasteiger partial charge < -0.3 is 5.32 Å². The lowest BCUT2D eigenvalue weighted by molar-refractivity contribution is 0.578. The molecule has 0 amide bonds. The van der Waals surface area contributed by atoms with Gasteiger partial charge in [0.2, 0.25) is 0 Å². The fraction of sp³-hybridized carbons (Fsp3) is 0.357. The maximum Gasteiger partial charge on any atom is 0.128 e. The Kier molecular flexibility index (Phi) is 5.10. The standard InChI is InChI=1S/C14H17BrFN3/c1-2-6-17-9-13-5-7-19(18-13)10-11-8-12(15)3-4-14(11)16/h3-5,7-8,17H,2,6,9-10H2,1H3. The average molecular weight is 326 g/mol. The fourth-order valence-electron chi connectivity index (χ4n) is 1.82. The van der Waals surface area contributed by atoms with Gasteiger partial charge in [-0.15, -0.1) is 0 Å². The molecular weight excluding hydrogens is 309 g/mol. The van der Waals surface area contributed by atoms with Crippen LogP contribution in [-0.4, -0.2) is 16.3 Å². The molecule has 5 heteroatoms. The summed E-state index contributed by atoms with van der Waals surface area (Å²) in [7, 11) is 0. The van der Waals surface area contributed by atoms with Gasteiger partial charge in [0.25, 0.3) is 0 Å². The summed E-state index contributed by atoms with van der Waals surface area (Å²) in [6.45, 7) is 4.30. The zero-order valence-corrected chi connectivity index (χ0v) is 12.5. The van der Waals surface area contributed by atoms with Crippen molar-refractivity contribution < 1.29 is 4.39 Å². The van der Waals surface area contributed by atoms with Crippen molar-refractivity contribution in [2.45, 2.75) is 26.4 Å². The monoisotopic (exact) mass is 325 g/mol. The molecule has 0 saturated carbocycles. The second-order valence-electron chi connectivity index (χ2n) is 4.42. The predicted molar refractivity (Wildman–Crippen MR) is 77.4 cm³/mol. The smallest absolute Gasteiger partial charge is 0.128 e. The molecule has 0 aliphatic heterocycles. The molecule has 2 rings (SSSR count). The Balaban J connectivity index is 2.01. The molecule has 0 aliphatic rings. The lowest BCUT2D eigenvalue weighted by Gasteiger charge is -2.04. The van der Waals surface area contributed by atoms with Crippen LogP contribution in [0.2, 0.25) is 0 Å². The van der Waals surface area contributed by atoms with Gasteiger partial charge in [0.15, 0.2) is 0 Å². The highest BCUT2D eigenvalue weighted by atomic mass is 79.9. The Morgan fingerprint density at radius 1 is 1.37 bits per heavy atom. The van der Waals surface area contributed by atoms with E-state index in [1.54, 1.807) is 16.8 Å². The SMILES string of the molecule is CCCNCc1ccn(Cc2cc(Br)ccc2F)n1. The zero-order valence-electron chi connectivity index (χ0n) is 10.9. The number of nitrogens with zero attached hydrogens (tertiary/aromatic N) is 2. The molecule has 1 heterocycles. The van der Waals surface area contributed by atoms with Crippen molar-refractivity contribution in [2.24, 2.45) is 0 Å². The highest BCUT2D eigenvalue weighted by molar-refractivity contribution is 9.10. The Morgan fingerprint density at radius 2 is 2.21 bits per heavy atom. The Morgan fingerprint density at radius 3 is 3.00 bits per heavy atom. The lowest BCUT2D eigenvalue weighted by Crippen LogP contribution is -2.14. The van der Waals surface area contributed by atoms with E-state index in [0.29, 0.717) is 12.1 Å². The number of rotatable bonds is 6. The van der Waals surface area contributed by atoms with Crippen molar-refractivity contribution >= 4 is 15.9 Å². The topological polar surface area (TPSA) is 29.9 Å². The van der Waals surface area contributed by atoms with Gasteiger partial charge in [-0.2, -0.15) is 5.10 Å². The minimum absolute atomic E-state index is 0.204. The van der Waals surface area contributed by atoms with Gasteiger partial charge in [0.05, 0.1) is 12.2 Å². The van der Waals surface area contributed by atoms with Crippen LogP contribution in [0.5, 0.6) is 0 Å². The van der Waals surface area contributed by atoms with E-state index in [-0.39, 0.29) is 5.82 Å². The van der Waals surface area contributed by atoms with Crippen LogP contribution < -0.4 is 5.32 Å². The Bertz CT molecular complexity index is 539. The Hall–Kier alpha value is -1.20. The molecule has 0 spiro atoms. The van der Waals surface area contributed by atoms with E-state index in [9.17, 15) is 4.39 Å². The van der Waals surface area contributed by atoms with Gasteiger partial charge in [0.1, 0.15) is 5.82 Å². The van der Waals surface area contributed by atoms with Crippen LogP contribution in [0, 0.1) is 5.82 Å². The van der Waals surface area contributed by atoms with E-state index in [2.05, 4.69) is 33.3 Å². The van der Waals surface area contributed by atoms with Crippen LogP contribution in [0.1, 0.15) is 24.6 Å². The third-order valence-electron chi connectivity index (χ3n) is 2.77. The summed E-state index contributed by atoms with van der Waals surface area (Å²) in [6.07, 6.45) is 2.98. The summed E-state index contributed by atoms with van der Waals surface area (Å²) < 4.78 is 16.3. The summed E-state index contributed by atoms with van der Waals surface area (Å²) >= 11 is 3.35. The fourth-order valence-corrected chi connectivity index (χ4v) is 2.23. The van der Waals surface area contributed by atoms with E-state index in [0.717, 1.165) is 29.7 Å². The van der Waals surface area contributed by atoms with Gasteiger partial charge in [-0.3, -0.25) is 4.68 Å². The molecule has 0 bridgehead atoms. The molecule has 0 saturated heterocycles. The number of aromatic nitrogens is 2. The molecule has 1 N–H and O–H groups in total. The van der Waals surface area contributed by atoms with Crippen LogP contribution in [-0.2, 0) is 13.1 Å². The van der Waals surface area contributed by atoms with Crippen LogP contribution in [0.4, 0.5) is 4.39 Å². The summed E-state index contributed by atoms with van der Waals surface area (Å²) in [5.74, 6) is -0.204. The van der Waals surface area contributed by atoms with E-state index in [1.165, 1.54) is 6.07 Å². The molecule has 1 aromatic heterocycles. The molecule has 1 aromatic carbocycles.